The van der Waals surface area contributed by atoms with Gasteiger partial charge in [-0.05, 0) is 51.5 Å². The molecule has 2 aromatic heterocycles. The molecule has 7 heteroatoms. The molecule has 0 fully saturated rings. The van der Waals surface area contributed by atoms with Crippen molar-refractivity contribution in [3.63, 3.8) is 0 Å². The Bertz CT molecular complexity index is 1390. The average molecular weight is 440 g/mol. The summed E-state index contributed by atoms with van der Waals surface area (Å²) in [7, 11) is 0. The monoisotopic (exact) mass is 439 g/mol. The highest BCUT2D eigenvalue weighted by molar-refractivity contribution is 7.08. The maximum absolute atomic E-state index is 12.6. The summed E-state index contributed by atoms with van der Waals surface area (Å²) in [6, 6.07) is 22.0. The second-order valence-corrected chi connectivity index (χ2v) is 8.29. The molecule has 3 N–H and O–H groups in total. The number of rotatable bonds is 6. The summed E-state index contributed by atoms with van der Waals surface area (Å²) in [4.78, 5) is 12.6. The molecule has 5 rings (SSSR count). The van der Waals surface area contributed by atoms with Crippen LogP contribution in [0.25, 0.3) is 27.6 Å². The molecule has 2 heterocycles. The predicted molar refractivity (Wildman–Crippen MR) is 130 cm³/mol. The van der Waals surface area contributed by atoms with Crippen LogP contribution in [0.5, 0.6) is 0 Å². The molecule has 0 radical (unpaired) electrons. The van der Waals surface area contributed by atoms with Crippen molar-refractivity contribution in [2.24, 2.45) is 0 Å². The molecule has 0 aliphatic rings. The summed E-state index contributed by atoms with van der Waals surface area (Å²) >= 11 is 1.63. The molecule has 0 bridgehead atoms. The maximum atomic E-state index is 12.6. The molecule has 32 heavy (non-hydrogen) atoms. The van der Waals surface area contributed by atoms with E-state index in [-0.39, 0.29) is 12.3 Å². The summed E-state index contributed by atoms with van der Waals surface area (Å²) in [6.45, 7) is 0. The zero-order chi connectivity index (χ0) is 21.9. The summed E-state index contributed by atoms with van der Waals surface area (Å²) in [5, 5.41) is 17.8. The molecule has 5 aromatic rings. The molecule has 0 saturated heterocycles. The van der Waals surface area contributed by atoms with Crippen LogP contribution in [-0.4, -0.2) is 20.9 Å². The first kappa shape index (κ1) is 20.0. The number of anilines is 2. The quantitative estimate of drug-likeness (QED) is 0.352. The summed E-state index contributed by atoms with van der Waals surface area (Å²) in [6.07, 6.45) is 2.65. The van der Waals surface area contributed by atoms with Gasteiger partial charge in [-0.1, -0.05) is 47.7 Å². The standard InChI is InChI=1S/C25H21N5OS/c26-22-10-8-18(19-12-13-32-16-19)14-23(22)27-25(31)11-9-20-15-30(29-28-20)24-7-3-5-17-4-1-2-6-21(17)24/h1-8,10,12-16H,9,11,26H2,(H,27,31). The summed E-state index contributed by atoms with van der Waals surface area (Å²) in [5.74, 6) is -0.112. The Morgan fingerprint density at radius 3 is 2.78 bits per heavy atom. The molecule has 0 saturated carbocycles. The van der Waals surface area contributed by atoms with Crippen LogP contribution in [0.1, 0.15) is 12.1 Å². The van der Waals surface area contributed by atoms with Crippen molar-refractivity contribution in [1.29, 1.82) is 0 Å². The van der Waals surface area contributed by atoms with Gasteiger partial charge >= 0.3 is 0 Å². The number of benzene rings is 3. The SMILES string of the molecule is Nc1ccc(-c2ccsc2)cc1NC(=O)CCc1cn(-c2cccc3ccccc23)nn1. The zero-order valence-electron chi connectivity index (χ0n) is 17.2. The summed E-state index contributed by atoms with van der Waals surface area (Å²) in [5.41, 5.74) is 11.1. The van der Waals surface area contributed by atoms with Crippen LogP contribution in [0.15, 0.2) is 83.7 Å². The van der Waals surface area contributed by atoms with E-state index in [1.165, 1.54) is 0 Å². The van der Waals surface area contributed by atoms with Gasteiger partial charge in [0, 0.05) is 18.2 Å². The lowest BCUT2D eigenvalue weighted by Gasteiger charge is -2.10. The first-order valence-electron chi connectivity index (χ1n) is 10.3. The number of hydrogen-bond acceptors (Lipinski definition) is 5. The van der Waals surface area contributed by atoms with Crippen molar-refractivity contribution in [1.82, 2.24) is 15.0 Å². The number of aromatic nitrogens is 3. The third kappa shape index (κ3) is 4.10. The van der Waals surface area contributed by atoms with Gasteiger partial charge in [-0.3, -0.25) is 4.79 Å². The van der Waals surface area contributed by atoms with Crippen LogP contribution in [0.3, 0.4) is 0 Å². The highest BCUT2D eigenvalue weighted by Gasteiger charge is 2.11. The van der Waals surface area contributed by atoms with E-state index in [0.29, 0.717) is 17.8 Å². The number of carbonyl (C=O) groups is 1. The van der Waals surface area contributed by atoms with E-state index in [2.05, 4.69) is 39.2 Å². The highest BCUT2D eigenvalue weighted by Crippen LogP contribution is 2.29. The number of nitrogen functional groups attached to an aromatic ring is 1. The van der Waals surface area contributed by atoms with Crippen LogP contribution in [0.2, 0.25) is 0 Å². The second-order valence-electron chi connectivity index (χ2n) is 7.51. The fourth-order valence-electron chi connectivity index (χ4n) is 3.67. The summed E-state index contributed by atoms with van der Waals surface area (Å²) < 4.78 is 1.76. The van der Waals surface area contributed by atoms with Gasteiger partial charge in [0.25, 0.3) is 0 Å². The van der Waals surface area contributed by atoms with E-state index in [0.717, 1.165) is 33.3 Å². The van der Waals surface area contributed by atoms with E-state index in [1.54, 1.807) is 16.0 Å². The van der Waals surface area contributed by atoms with Crippen molar-refractivity contribution in [2.75, 3.05) is 11.1 Å². The van der Waals surface area contributed by atoms with E-state index >= 15 is 0 Å². The van der Waals surface area contributed by atoms with Crippen LogP contribution in [0, 0.1) is 0 Å². The van der Waals surface area contributed by atoms with Gasteiger partial charge in [-0.15, -0.1) is 5.10 Å². The Kier molecular flexibility index (Phi) is 5.39. The lowest BCUT2D eigenvalue weighted by molar-refractivity contribution is -0.116. The van der Waals surface area contributed by atoms with Gasteiger partial charge in [0.15, 0.2) is 0 Å². The fraction of sp³-hybridized carbons (Fsp3) is 0.0800. The fourth-order valence-corrected chi connectivity index (χ4v) is 4.33. The highest BCUT2D eigenvalue weighted by atomic mass is 32.1. The molecule has 158 valence electrons. The number of aryl methyl sites for hydroxylation is 1. The van der Waals surface area contributed by atoms with Crippen LogP contribution >= 0.6 is 11.3 Å². The topological polar surface area (TPSA) is 85.8 Å². The molecule has 0 aliphatic carbocycles. The average Bonchev–Trinajstić information content (AvgIpc) is 3.51. The first-order chi connectivity index (χ1) is 15.7. The zero-order valence-corrected chi connectivity index (χ0v) is 18.0. The van der Waals surface area contributed by atoms with Gasteiger partial charge < -0.3 is 11.1 Å². The van der Waals surface area contributed by atoms with Crippen molar-refractivity contribution in [2.45, 2.75) is 12.8 Å². The lowest BCUT2D eigenvalue weighted by Crippen LogP contribution is -2.13. The predicted octanol–water partition coefficient (Wildman–Crippen LogP) is 5.30. The second kappa shape index (κ2) is 8.64. The Morgan fingerprint density at radius 1 is 1.03 bits per heavy atom. The van der Waals surface area contributed by atoms with Crippen LogP contribution in [0.4, 0.5) is 11.4 Å². The minimum Gasteiger partial charge on any atom is -0.397 e. The molecule has 0 spiro atoms. The molecule has 0 atom stereocenters. The first-order valence-corrected chi connectivity index (χ1v) is 11.2. The number of carbonyl (C=O) groups excluding carboxylic acids is 1. The smallest absolute Gasteiger partial charge is 0.224 e. The number of nitrogens with two attached hydrogens (primary N) is 1. The minimum atomic E-state index is -0.112. The molecule has 0 unspecified atom stereocenters. The van der Waals surface area contributed by atoms with Crippen molar-refractivity contribution in [3.8, 4) is 16.8 Å². The molecular weight excluding hydrogens is 418 g/mol. The van der Waals surface area contributed by atoms with Gasteiger partial charge in [0.1, 0.15) is 0 Å². The van der Waals surface area contributed by atoms with E-state index < -0.39 is 0 Å². The molecule has 1 amide bonds. The van der Waals surface area contributed by atoms with Gasteiger partial charge in [0.2, 0.25) is 5.91 Å². The number of fused-ring (bicyclic) bond motifs is 1. The van der Waals surface area contributed by atoms with Crippen LogP contribution < -0.4 is 11.1 Å². The number of thiophene rings is 1. The van der Waals surface area contributed by atoms with Gasteiger partial charge in [-0.25, -0.2) is 4.68 Å². The van der Waals surface area contributed by atoms with E-state index in [4.69, 9.17) is 5.73 Å². The van der Waals surface area contributed by atoms with Gasteiger partial charge in [-0.2, -0.15) is 11.3 Å². The largest absolute Gasteiger partial charge is 0.397 e. The number of nitrogens with one attached hydrogen (secondary N) is 1. The van der Waals surface area contributed by atoms with E-state index in [9.17, 15) is 4.79 Å². The minimum absolute atomic E-state index is 0.112. The van der Waals surface area contributed by atoms with Crippen molar-refractivity contribution >= 4 is 39.4 Å². The van der Waals surface area contributed by atoms with Crippen LogP contribution in [-0.2, 0) is 11.2 Å². The Morgan fingerprint density at radius 2 is 1.91 bits per heavy atom. The number of nitrogens with zero attached hydrogens (tertiary/aromatic N) is 3. The third-order valence-corrected chi connectivity index (χ3v) is 6.03. The third-order valence-electron chi connectivity index (χ3n) is 5.34. The van der Waals surface area contributed by atoms with E-state index in [1.807, 2.05) is 60.1 Å². The number of hydrogen-bond donors (Lipinski definition) is 2. The molecular formula is C25H21N5OS. The van der Waals surface area contributed by atoms with Crippen molar-refractivity contribution in [3.05, 3.63) is 89.4 Å². The Balaban J connectivity index is 1.27. The number of amides is 1. The maximum Gasteiger partial charge on any atom is 0.224 e. The Hall–Kier alpha value is -3.97. The Labute approximate surface area is 189 Å². The molecule has 0 aliphatic heterocycles. The normalized spacial score (nSPS) is 11.0. The molecule has 3 aromatic carbocycles. The van der Waals surface area contributed by atoms with Crippen molar-refractivity contribution < 1.29 is 4.79 Å². The van der Waals surface area contributed by atoms with Gasteiger partial charge in [0.05, 0.1) is 29.0 Å². The lowest BCUT2D eigenvalue weighted by atomic mass is 10.1. The molecule has 6 nitrogen and oxygen atoms in total.